The molecule has 0 N–H and O–H groups in total. The largest absolute Gasteiger partial charge is 0.237 e. The van der Waals surface area contributed by atoms with E-state index in [9.17, 15) is 0 Å². The number of rotatable bonds is 3. The van der Waals surface area contributed by atoms with E-state index in [4.69, 9.17) is 11.6 Å². The van der Waals surface area contributed by atoms with Gasteiger partial charge in [-0.1, -0.05) is 15.9 Å². The number of halogens is 2. The first-order valence-electron chi connectivity index (χ1n) is 6.10. The number of aromatic nitrogens is 2. The Morgan fingerprint density at radius 1 is 1.44 bits per heavy atom. The van der Waals surface area contributed by atoms with E-state index >= 15 is 0 Å². The summed E-state index contributed by atoms with van der Waals surface area (Å²) < 4.78 is 3.17. The third kappa shape index (κ3) is 2.10. The van der Waals surface area contributed by atoms with Gasteiger partial charge in [-0.25, -0.2) is 4.68 Å². The van der Waals surface area contributed by atoms with Crippen LogP contribution in [-0.2, 0) is 5.88 Å². The Labute approximate surface area is 120 Å². The zero-order chi connectivity index (χ0) is 12.7. The molecule has 1 fully saturated rings. The van der Waals surface area contributed by atoms with Crippen LogP contribution >= 0.6 is 27.5 Å². The van der Waals surface area contributed by atoms with Crippen LogP contribution in [0.2, 0.25) is 0 Å². The van der Waals surface area contributed by atoms with Gasteiger partial charge in [-0.05, 0) is 43.5 Å². The van der Waals surface area contributed by atoms with E-state index < -0.39 is 0 Å². The van der Waals surface area contributed by atoms with E-state index in [-0.39, 0.29) is 0 Å². The molecule has 1 aliphatic carbocycles. The fourth-order valence-electron chi connectivity index (χ4n) is 2.34. The molecule has 4 heteroatoms. The van der Waals surface area contributed by atoms with E-state index in [2.05, 4.69) is 50.8 Å². The van der Waals surface area contributed by atoms with Crippen molar-refractivity contribution in [3.05, 3.63) is 45.7 Å². The molecule has 0 radical (unpaired) electrons. The van der Waals surface area contributed by atoms with Crippen molar-refractivity contribution < 1.29 is 0 Å². The number of aryl methyl sites for hydroxylation is 1. The van der Waals surface area contributed by atoms with Crippen LogP contribution in [-0.4, -0.2) is 9.78 Å². The van der Waals surface area contributed by atoms with Gasteiger partial charge in [0.05, 0.1) is 23.5 Å². The Morgan fingerprint density at radius 3 is 2.83 bits per heavy atom. The Morgan fingerprint density at radius 2 is 2.22 bits per heavy atom. The predicted octanol–water partition coefficient (Wildman–Crippen LogP) is 4.56. The van der Waals surface area contributed by atoms with Crippen molar-refractivity contribution in [1.29, 1.82) is 0 Å². The molecule has 0 amide bonds. The smallest absolute Gasteiger partial charge is 0.0678 e. The lowest BCUT2D eigenvalue weighted by Gasteiger charge is -2.11. The summed E-state index contributed by atoms with van der Waals surface area (Å²) in [5, 5.41) is 4.53. The third-order valence-electron chi connectivity index (χ3n) is 3.38. The molecule has 1 saturated carbocycles. The molecule has 1 aliphatic rings. The van der Waals surface area contributed by atoms with Crippen molar-refractivity contribution in [1.82, 2.24) is 9.78 Å². The van der Waals surface area contributed by atoms with E-state index in [0.29, 0.717) is 11.8 Å². The van der Waals surface area contributed by atoms with Crippen LogP contribution in [0.5, 0.6) is 0 Å². The molecule has 0 bridgehead atoms. The molecule has 2 aromatic rings. The highest BCUT2D eigenvalue weighted by Gasteiger charge is 2.30. The molecule has 94 valence electrons. The predicted molar refractivity (Wildman–Crippen MR) is 77.5 cm³/mol. The van der Waals surface area contributed by atoms with Crippen molar-refractivity contribution in [3.8, 4) is 5.69 Å². The van der Waals surface area contributed by atoms with Gasteiger partial charge in [-0.3, -0.25) is 0 Å². The summed E-state index contributed by atoms with van der Waals surface area (Å²) in [5.41, 5.74) is 4.84. The molecule has 0 aliphatic heterocycles. The van der Waals surface area contributed by atoms with Gasteiger partial charge in [0.1, 0.15) is 0 Å². The van der Waals surface area contributed by atoms with Gasteiger partial charge < -0.3 is 0 Å². The summed E-state index contributed by atoms with van der Waals surface area (Å²) >= 11 is 9.51. The Hall–Kier alpha value is -0.800. The second-order valence-corrected chi connectivity index (χ2v) is 5.99. The second-order valence-electron chi connectivity index (χ2n) is 4.81. The van der Waals surface area contributed by atoms with Gasteiger partial charge in [-0.2, -0.15) is 5.10 Å². The first-order chi connectivity index (χ1) is 8.70. The molecule has 1 aromatic carbocycles. The molecule has 1 heterocycles. The summed E-state index contributed by atoms with van der Waals surface area (Å²) in [6.45, 7) is 2.11. The molecular formula is C14H14BrClN2. The number of benzene rings is 1. The third-order valence-corrected chi connectivity index (χ3v) is 4.16. The fourth-order valence-corrected chi connectivity index (χ4v) is 3.02. The van der Waals surface area contributed by atoms with Gasteiger partial charge in [0, 0.05) is 16.0 Å². The number of hydrogen-bond acceptors (Lipinski definition) is 1. The average molecular weight is 326 g/mol. The van der Waals surface area contributed by atoms with Crippen molar-refractivity contribution in [2.45, 2.75) is 31.6 Å². The molecule has 18 heavy (non-hydrogen) atoms. The van der Waals surface area contributed by atoms with Crippen LogP contribution in [0.3, 0.4) is 0 Å². The lowest BCUT2D eigenvalue weighted by Crippen LogP contribution is -2.04. The van der Waals surface area contributed by atoms with E-state index in [0.717, 1.165) is 10.2 Å². The first kappa shape index (κ1) is 12.2. The first-order valence-corrected chi connectivity index (χ1v) is 7.42. The highest BCUT2D eigenvalue weighted by atomic mass is 79.9. The summed E-state index contributed by atoms with van der Waals surface area (Å²) in [4.78, 5) is 0. The van der Waals surface area contributed by atoms with E-state index in [1.54, 1.807) is 0 Å². The topological polar surface area (TPSA) is 17.8 Å². The van der Waals surface area contributed by atoms with Crippen LogP contribution in [0.15, 0.2) is 28.9 Å². The van der Waals surface area contributed by atoms with E-state index in [1.807, 2.05) is 6.20 Å². The van der Waals surface area contributed by atoms with Gasteiger partial charge in [0.2, 0.25) is 0 Å². The Balaban J connectivity index is 2.13. The van der Waals surface area contributed by atoms with Gasteiger partial charge >= 0.3 is 0 Å². The quantitative estimate of drug-likeness (QED) is 0.756. The maximum absolute atomic E-state index is 6.01. The van der Waals surface area contributed by atoms with Gasteiger partial charge in [-0.15, -0.1) is 11.6 Å². The molecule has 1 aromatic heterocycles. The molecule has 3 rings (SSSR count). The highest BCUT2D eigenvalue weighted by Crippen LogP contribution is 2.43. The average Bonchev–Trinajstić information content (AvgIpc) is 3.09. The summed E-state index contributed by atoms with van der Waals surface area (Å²) in [6.07, 6.45) is 4.42. The lowest BCUT2D eigenvalue weighted by molar-refractivity contribution is 0.799. The zero-order valence-corrected chi connectivity index (χ0v) is 12.5. The van der Waals surface area contributed by atoms with Crippen LogP contribution in [0, 0.1) is 6.92 Å². The fraction of sp³-hybridized carbons (Fsp3) is 0.357. The molecular weight excluding hydrogens is 312 g/mol. The molecule has 0 unspecified atom stereocenters. The minimum atomic E-state index is 0.543. The standard InChI is InChI=1S/C14H14BrClN2/c1-9-6-12(15)4-5-13(9)18-14(10-2-3-10)11(7-16)8-17-18/h4-6,8,10H,2-3,7H2,1H3. The molecule has 2 nitrogen and oxygen atoms in total. The van der Waals surface area contributed by atoms with Crippen molar-refractivity contribution in [2.75, 3.05) is 0 Å². The number of hydrogen-bond donors (Lipinski definition) is 0. The maximum atomic E-state index is 6.01. The van der Waals surface area contributed by atoms with Crippen LogP contribution in [0.1, 0.15) is 35.6 Å². The Bertz CT molecular complexity index is 587. The molecule has 0 saturated heterocycles. The zero-order valence-electron chi connectivity index (χ0n) is 10.2. The molecule has 0 spiro atoms. The van der Waals surface area contributed by atoms with Crippen LogP contribution in [0.25, 0.3) is 5.69 Å². The Kier molecular flexibility index (Phi) is 3.20. The van der Waals surface area contributed by atoms with Crippen molar-refractivity contribution in [3.63, 3.8) is 0 Å². The lowest BCUT2D eigenvalue weighted by atomic mass is 10.1. The van der Waals surface area contributed by atoms with Gasteiger partial charge in [0.15, 0.2) is 0 Å². The van der Waals surface area contributed by atoms with Gasteiger partial charge in [0.25, 0.3) is 0 Å². The SMILES string of the molecule is Cc1cc(Br)ccc1-n1ncc(CCl)c1C1CC1. The second kappa shape index (κ2) is 4.71. The van der Waals surface area contributed by atoms with Crippen molar-refractivity contribution >= 4 is 27.5 Å². The summed E-state index contributed by atoms with van der Waals surface area (Å²) in [7, 11) is 0. The summed E-state index contributed by atoms with van der Waals surface area (Å²) in [6, 6.07) is 6.28. The maximum Gasteiger partial charge on any atom is 0.0678 e. The number of nitrogens with zero attached hydrogens (tertiary/aromatic N) is 2. The number of alkyl halides is 1. The van der Waals surface area contributed by atoms with Crippen LogP contribution < -0.4 is 0 Å². The highest BCUT2D eigenvalue weighted by molar-refractivity contribution is 9.10. The summed E-state index contributed by atoms with van der Waals surface area (Å²) in [5.74, 6) is 1.19. The minimum absolute atomic E-state index is 0.543. The van der Waals surface area contributed by atoms with Crippen molar-refractivity contribution in [2.24, 2.45) is 0 Å². The minimum Gasteiger partial charge on any atom is -0.237 e. The molecule has 0 atom stereocenters. The van der Waals surface area contributed by atoms with Crippen LogP contribution in [0.4, 0.5) is 0 Å². The monoisotopic (exact) mass is 324 g/mol. The van der Waals surface area contributed by atoms with E-state index in [1.165, 1.54) is 29.7 Å². The normalized spacial score (nSPS) is 15.1.